The van der Waals surface area contributed by atoms with Gasteiger partial charge in [-0.2, -0.15) is 0 Å². The lowest BCUT2D eigenvalue weighted by Gasteiger charge is -2.22. The Balaban J connectivity index is 2.87. The van der Waals surface area contributed by atoms with Crippen molar-refractivity contribution in [2.24, 2.45) is 11.8 Å². The average Bonchev–Trinajstić information content (AvgIpc) is 2.56. The molecule has 2 amide bonds. The third-order valence-corrected chi connectivity index (χ3v) is 3.96. The highest BCUT2D eigenvalue weighted by Gasteiger charge is 2.26. The van der Waals surface area contributed by atoms with Gasteiger partial charge in [0.2, 0.25) is 5.91 Å². The summed E-state index contributed by atoms with van der Waals surface area (Å²) in [6.45, 7) is 4.79. The van der Waals surface area contributed by atoms with Gasteiger partial charge in [0.05, 0.1) is 21.4 Å². The predicted molar refractivity (Wildman–Crippen MR) is 94.0 cm³/mol. The number of hydrogen-bond acceptors (Lipinski definition) is 5. The molecule has 0 bridgehead atoms. The first-order chi connectivity index (χ1) is 12.0. The molecule has 1 rings (SSSR count). The Morgan fingerprint density at radius 3 is 2.35 bits per heavy atom. The number of aliphatic carboxylic acids is 1. The number of benzene rings is 1. The van der Waals surface area contributed by atoms with E-state index in [1.807, 2.05) is 0 Å². The Bertz CT molecular complexity index is 722. The van der Waals surface area contributed by atoms with Gasteiger partial charge in [-0.15, -0.1) is 0 Å². The molecule has 0 aliphatic rings. The number of carbonyl (C=O) groups is 3. The van der Waals surface area contributed by atoms with Crippen LogP contribution in [-0.4, -0.2) is 40.4 Å². The van der Waals surface area contributed by atoms with Gasteiger partial charge in [0, 0.05) is 18.7 Å². The summed E-state index contributed by atoms with van der Waals surface area (Å²) in [5.41, 5.74) is -0.262. The number of carboxylic acids is 1. The molecule has 0 spiro atoms. The van der Waals surface area contributed by atoms with E-state index in [-0.39, 0.29) is 28.7 Å². The smallest absolute Gasteiger partial charge is 0.308 e. The Labute approximate surface area is 154 Å². The van der Waals surface area contributed by atoms with Gasteiger partial charge in [0.15, 0.2) is 0 Å². The van der Waals surface area contributed by atoms with Gasteiger partial charge < -0.3 is 15.7 Å². The minimum Gasteiger partial charge on any atom is -0.481 e. The van der Waals surface area contributed by atoms with E-state index in [0.29, 0.717) is 0 Å². The SMILES string of the molecule is CC(CNC(=O)C(NC(=O)c1ccc([N+](=O)[O-])cc1Cl)C(C)C)C(=O)O. The van der Waals surface area contributed by atoms with Crippen LogP contribution < -0.4 is 10.6 Å². The summed E-state index contributed by atoms with van der Waals surface area (Å²) >= 11 is 5.92. The molecule has 2 unspecified atom stereocenters. The van der Waals surface area contributed by atoms with E-state index in [0.717, 1.165) is 12.1 Å². The maximum atomic E-state index is 12.4. The van der Waals surface area contributed by atoms with Crippen molar-refractivity contribution in [3.05, 3.63) is 38.9 Å². The van der Waals surface area contributed by atoms with Gasteiger partial charge in [0.1, 0.15) is 6.04 Å². The molecule has 0 saturated heterocycles. The Morgan fingerprint density at radius 1 is 1.27 bits per heavy atom. The molecular weight excluding hydrogens is 366 g/mol. The number of amides is 2. The van der Waals surface area contributed by atoms with Crippen LogP contribution in [0.15, 0.2) is 18.2 Å². The lowest BCUT2D eigenvalue weighted by Crippen LogP contribution is -2.50. The number of carboxylic acid groups (broad SMARTS) is 1. The quantitative estimate of drug-likeness (QED) is 0.461. The first kappa shape index (κ1) is 21.4. The van der Waals surface area contributed by atoms with Crippen molar-refractivity contribution >= 4 is 35.1 Å². The van der Waals surface area contributed by atoms with Crippen molar-refractivity contribution in [1.29, 1.82) is 0 Å². The van der Waals surface area contributed by atoms with E-state index < -0.39 is 34.7 Å². The summed E-state index contributed by atoms with van der Waals surface area (Å²) < 4.78 is 0. The van der Waals surface area contributed by atoms with E-state index in [2.05, 4.69) is 10.6 Å². The molecule has 0 aromatic heterocycles. The van der Waals surface area contributed by atoms with E-state index >= 15 is 0 Å². The molecule has 0 saturated carbocycles. The van der Waals surface area contributed by atoms with Crippen molar-refractivity contribution in [1.82, 2.24) is 10.6 Å². The molecule has 0 aliphatic heterocycles. The second-order valence-corrected chi connectivity index (χ2v) is 6.51. The summed E-state index contributed by atoms with van der Waals surface area (Å²) in [5.74, 6) is -3.29. The number of non-ortho nitro benzene ring substituents is 1. The van der Waals surface area contributed by atoms with E-state index in [1.165, 1.54) is 13.0 Å². The molecule has 9 nitrogen and oxygen atoms in total. The summed E-state index contributed by atoms with van der Waals surface area (Å²) in [7, 11) is 0. The van der Waals surface area contributed by atoms with Gasteiger partial charge in [-0.3, -0.25) is 24.5 Å². The molecule has 3 N–H and O–H groups in total. The van der Waals surface area contributed by atoms with E-state index in [1.54, 1.807) is 13.8 Å². The standard InChI is InChI=1S/C16H20ClN3O6/c1-8(2)13(15(22)18-7-9(3)16(23)24)19-14(21)11-5-4-10(20(25)26)6-12(11)17/h4-6,8-9,13H,7H2,1-3H3,(H,18,22)(H,19,21)(H,23,24). The molecule has 0 aliphatic carbocycles. The number of nitrogens with one attached hydrogen (secondary N) is 2. The summed E-state index contributed by atoms with van der Waals surface area (Å²) in [4.78, 5) is 45.5. The molecule has 0 heterocycles. The largest absolute Gasteiger partial charge is 0.481 e. The number of carbonyl (C=O) groups excluding carboxylic acids is 2. The number of nitrogens with zero attached hydrogens (tertiary/aromatic N) is 1. The topological polar surface area (TPSA) is 139 Å². The third kappa shape index (κ3) is 5.69. The zero-order valence-electron chi connectivity index (χ0n) is 14.5. The van der Waals surface area contributed by atoms with Crippen molar-refractivity contribution in [2.45, 2.75) is 26.8 Å². The molecular formula is C16H20ClN3O6. The molecule has 26 heavy (non-hydrogen) atoms. The highest BCUT2D eigenvalue weighted by molar-refractivity contribution is 6.34. The van der Waals surface area contributed by atoms with E-state index in [9.17, 15) is 24.5 Å². The molecule has 1 aromatic carbocycles. The van der Waals surface area contributed by atoms with Crippen LogP contribution >= 0.6 is 11.6 Å². The lowest BCUT2D eigenvalue weighted by atomic mass is 10.0. The summed E-state index contributed by atoms with van der Waals surface area (Å²) in [6, 6.07) is 2.47. The van der Waals surface area contributed by atoms with Gasteiger partial charge in [-0.1, -0.05) is 32.4 Å². The lowest BCUT2D eigenvalue weighted by molar-refractivity contribution is -0.384. The summed E-state index contributed by atoms with van der Waals surface area (Å²) in [6.07, 6.45) is 0. The average molecular weight is 386 g/mol. The molecule has 10 heteroatoms. The monoisotopic (exact) mass is 385 g/mol. The van der Waals surface area contributed by atoms with Gasteiger partial charge in [-0.25, -0.2) is 0 Å². The van der Waals surface area contributed by atoms with Crippen molar-refractivity contribution in [3.8, 4) is 0 Å². The second kappa shape index (κ2) is 9.14. The van der Waals surface area contributed by atoms with Crippen LogP contribution in [0, 0.1) is 22.0 Å². The van der Waals surface area contributed by atoms with Crippen LogP contribution in [0.2, 0.25) is 5.02 Å². The highest BCUT2D eigenvalue weighted by atomic mass is 35.5. The number of hydrogen-bond donors (Lipinski definition) is 3. The minimum absolute atomic E-state index is 0.00498. The van der Waals surface area contributed by atoms with Crippen LogP contribution in [0.25, 0.3) is 0 Å². The van der Waals surface area contributed by atoms with Crippen molar-refractivity contribution in [2.75, 3.05) is 6.54 Å². The second-order valence-electron chi connectivity index (χ2n) is 6.10. The molecule has 0 radical (unpaired) electrons. The molecule has 142 valence electrons. The summed E-state index contributed by atoms with van der Waals surface area (Å²) in [5, 5.41) is 24.5. The number of rotatable bonds is 8. The zero-order chi connectivity index (χ0) is 20.0. The third-order valence-electron chi connectivity index (χ3n) is 3.65. The number of halogens is 1. The fraction of sp³-hybridized carbons (Fsp3) is 0.438. The maximum Gasteiger partial charge on any atom is 0.308 e. The van der Waals surface area contributed by atoms with Crippen LogP contribution in [0.1, 0.15) is 31.1 Å². The first-order valence-corrected chi connectivity index (χ1v) is 8.17. The van der Waals surface area contributed by atoms with Crippen LogP contribution in [0.4, 0.5) is 5.69 Å². The molecule has 2 atom stereocenters. The van der Waals surface area contributed by atoms with Crippen LogP contribution in [-0.2, 0) is 9.59 Å². The first-order valence-electron chi connectivity index (χ1n) is 7.79. The van der Waals surface area contributed by atoms with Crippen molar-refractivity contribution < 1.29 is 24.4 Å². The van der Waals surface area contributed by atoms with Gasteiger partial charge in [-0.05, 0) is 12.0 Å². The van der Waals surface area contributed by atoms with E-state index in [4.69, 9.17) is 16.7 Å². The number of nitro benzene ring substituents is 1. The van der Waals surface area contributed by atoms with Crippen LogP contribution in [0.3, 0.4) is 0 Å². The fourth-order valence-electron chi connectivity index (χ4n) is 2.01. The molecule has 0 fully saturated rings. The number of nitro groups is 1. The molecule has 1 aromatic rings. The predicted octanol–water partition coefficient (Wildman–Crippen LogP) is 1.84. The van der Waals surface area contributed by atoms with Crippen LogP contribution in [0.5, 0.6) is 0 Å². The van der Waals surface area contributed by atoms with Gasteiger partial charge in [0.25, 0.3) is 11.6 Å². The zero-order valence-corrected chi connectivity index (χ0v) is 15.2. The maximum absolute atomic E-state index is 12.4. The van der Waals surface area contributed by atoms with Gasteiger partial charge >= 0.3 is 5.97 Å². The Kier molecular flexibility index (Phi) is 7.51. The highest BCUT2D eigenvalue weighted by Crippen LogP contribution is 2.22. The Hall–Kier alpha value is -2.68. The normalized spacial score (nSPS) is 13.0. The Morgan fingerprint density at radius 2 is 1.88 bits per heavy atom. The van der Waals surface area contributed by atoms with Crippen molar-refractivity contribution in [3.63, 3.8) is 0 Å². The fourth-order valence-corrected chi connectivity index (χ4v) is 2.27. The minimum atomic E-state index is -1.05.